The van der Waals surface area contributed by atoms with Gasteiger partial charge in [-0.15, -0.1) is 0 Å². The van der Waals surface area contributed by atoms with Gasteiger partial charge in [-0.2, -0.15) is 0 Å². The molecule has 0 aliphatic rings. The molecule has 15 heavy (non-hydrogen) atoms. The normalized spacial score (nSPS) is 7.33. The van der Waals surface area contributed by atoms with E-state index < -0.39 is 0 Å². The standard InChI is InChI=1S/2C5H11.3O.2Sn/c2*1-3-5-4-2;;;;;/h2*1,3-5H2,2H3;;;;;/q;;3*-2;2*+3. The van der Waals surface area contributed by atoms with Crippen molar-refractivity contribution in [1.82, 2.24) is 0 Å². The Kier molecular flexibility index (Phi) is 72.1. The molecule has 0 fully saturated rings. The van der Waals surface area contributed by atoms with E-state index in [4.69, 9.17) is 0 Å². The topological polar surface area (TPSA) is 85.5 Å². The third-order valence-electron chi connectivity index (χ3n) is 1.56. The van der Waals surface area contributed by atoms with Crippen LogP contribution in [0.5, 0.6) is 0 Å². The van der Waals surface area contributed by atoms with Crippen molar-refractivity contribution in [3.8, 4) is 0 Å². The molecular formula is C10H22O3Sn2. The molecule has 0 radical (unpaired) electrons. The van der Waals surface area contributed by atoms with Crippen molar-refractivity contribution in [2.24, 2.45) is 0 Å². The first-order chi connectivity index (χ1) is 5.83. The van der Waals surface area contributed by atoms with Crippen molar-refractivity contribution in [1.29, 1.82) is 0 Å². The minimum atomic E-state index is 0. The van der Waals surface area contributed by atoms with Crippen LogP contribution in [-0.2, 0) is 16.4 Å². The Hall–Kier alpha value is 1.48. The zero-order valence-corrected chi connectivity index (χ0v) is 15.6. The van der Waals surface area contributed by atoms with Crippen LogP contribution in [0.25, 0.3) is 0 Å². The van der Waals surface area contributed by atoms with Gasteiger partial charge in [-0.1, -0.05) is 0 Å². The minimum Gasteiger partial charge on any atom is -2.00 e. The Bertz CT molecular complexity index is 50.6. The van der Waals surface area contributed by atoms with Crippen LogP contribution in [-0.4, -0.2) is 45.0 Å². The van der Waals surface area contributed by atoms with Crippen LogP contribution in [0.4, 0.5) is 0 Å². The molecule has 0 unspecified atom stereocenters. The van der Waals surface area contributed by atoms with Crippen LogP contribution >= 0.6 is 0 Å². The Balaban J connectivity index is -0.0000000370. The maximum atomic E-state index is 2.24. The van der Waals surface area contributed by atoms with E-state index in [-0.39, 0.29) is 16.4 Å². The van der Waals surface area contributed by atoms with Crippen LogP contribution in [0.2, 0.25) is 8.87 Å². The zero-order chi connectivity index (χ0) is 9.66. The number of hydrogen-bond acceptors (Lipinski definition) is 0. The van der Waals surface area contributed by atoms with Crippen LogP contribution in [0.3, 0.4) is 0 Å². The molecular weight excluding hydrogens is 406 g/mol. The van der Waals surface area contributed by atoms with E-state index in [9.17, 15) is 0 Å². The van der Waals surface area contributed by atoms with Gasteiger partial charge in [0.15, 0.2) is 0 Å². The molecule has 0 heterocycles. The summed E-state index contributed by atoms with van der Waals surface area (Å²) in [6, 6.07) is 0. The summed E-state index contributed by atoms with van der Waals surface area (Å²) in [5.74, 6) is 0. The summed E-state index contributed by atoms with van der Waals surface area (Å²) >= 11 is 3.39. The van der Waals surface area contributed by atoms with E-state index in [1.807, 2.05) is 0 Å². The quantitative estimate of drug-likeness (QED) is 0.460. The van der Waals surface area contributed by atoms with E-state index in [1.54, 1.807) is 45.0 Å². The van der Waals surface area contributed by atoms with Crippen LogP contribution < -0.4 is 0 Å². The Morgan fingerprint density at radius 3 is 0.933 bits per heavy atom. The number of hydrogen-bond donors (Lipinski definition) is 0. The first-order valence-electron chi connectivity index (χ1n) is 5.12. The molecule has 88 valence electrons. The van der Waals surface area contributed by atoms with Crippen molar-refractivity contribution >= 4 is 45.0 Å². The second kappa shape index (κ2) is 36.1. The fourth-order valence-electron chi connectivity index (χ4n) is 0.750. The third-order valence-corrected chi connectivity index (χ3v) is 3.58. The molecule has 0 aromatic heterocycles. The molecule has 0 aliphatic carbocycles. The molecule has 0 N–H and O–H groups in total. The predicted octanol–water partition coefficient (Wildman–Crippen LogP) is 3.17. The molecule has 0 saturated heterocycles. The molecule has 0 amide bonds. The maximum absolute atomic E-state index is 2.24. The Labute approximate surface area is 122 Å². The van der Waals surface area contributed by atoms with Crippen molar-refractivity contribution in [3.05, 3.63) is 0 Å². The summed E-state index contributed by atoms with van der Waals surface area (Å²) in [4.78, 5) is 0. The predicted molar refractivity (Wildman–Crippen MR) is 62.2 cm³/mol. The first-order valence-corrected chi connectivity index (χ1v) is 9.16. The molecule has 0 atom stereocenters. The van der Waals surface area contributed by atoms with Crippen molar-refractivity contribution in [2.75, 3.05) is 0 Å². The van der Waals surface area contributed by atoms with Gasteiger partial charge in [0.25, 0.3) is 0 Å². The van der Waals surface area contributed by atoms with Crippen LogP contribution in [0.1, 0.15) is 52.4 Å². The summed E-state index contributed by atoms with van der Waals surface area (Å²) in [7, 11) is 0. The van der Waals surface area contributed by atoms with Gasteiger partial charge in [0.2, 0.25) is 0 Å². The van der Waals surface area contributed by atoms with E-state index in [0.29, 0.717) is 0 Å². The van der Waals surface area contributed by atoms with E-state index in [0.717, 1.165) is 0 Å². The molecule has 0 aliphatic heterocycles. The maximum Gasteiger partial charge on any atom is -2.00 e. The van der Waals surface area contributed by atoms with Gasteiger partial charge in [0.05, 0.1) is 0 Å². The van der Waals surface area contributed by atoms with Crippen molar-refractivity contribution in [3.63, 3.8) is 0 Å². The molecule has 3 nitrogen and oxygen atoms in total. The van der Waals surface area contributed by atoms with Gasteiger partial charge in [0.1, 0.15) is 0 Å². The second-order valence-electron chi connectivity index (χ2n) is 2.91. The van der Waals surface area contributed by atoms with Gasteiger partial charge >= 0.3 is 106 Å². The molecule has 0 rings (SSSR count). The minimum absolute atomic E-state index is 0. The van der Waals surface area contributed by atoms with Crippen molar-refractivity contribution < 1.29 is 16.4 Å². The van der Waals surface area contributed by atoms with Gasteiger partial charge in [0, 0.05) is 0 Å². The molecule has 0 aromatic rings. The smallest absolute Gasteiger partial charge is 2.00 e. The summed E-state index contributed by atoms with van der Waals surface area (Å²) in [6.07, 6.45) is 8.52. The van der Waals surface area contributed by atoms with Gasteiger partial charge in [-0.3, -0.25) is 0 Å². The van der Waals surface area contributed by atoms with Crippen molar-refractivity contribution in [2.45, 2.75) is 61.2 Å². The molecule has 0 aromatic carbocycles. The largest absolute Gasteiger partial charge is 2.00 e. The number of rotatable bonds is 6. The van der Waals surface area contributed by atoms with E-state index >= 15 is 0 Å². The molecule has 5 heteroatoms. The third kappa shape index (κ3) is 50.3. The number of unbranched alkanes of at least 4 members (excludes halogenated alkanes) is 4. The molecule has 0 bridgehead atoms. The Morgan fingerprint density at radius 2 is 0.867 bits per heavy atom. The fourth-order valence-corrected chi connectivity index (χ4v) is 2.18. The molecule has 0 spiro atoms. The molecule has 0 saturated carbocycles. The summed E-state index contributed by atoms with van der Waals surface area (Å²) in [6.45, 7) is 4.48. The average Bonchev–Trinajstić information content (AvgIpc) is 2.12. The summed E-state index contributed by atoms with van der Waals surface area (Å²) in [5, 5.41) is 0. The second-order valence-corrected chi connectivity index (χ2v) is 5.77. The monoisotopic (exact) mass is 430 g/mol. The first kappa shape index (κ1) is 30.0. The van der Waals surface area contributed by atoms with Crippen LogP contribution in [0, 0.1) is 0 Å². The fraction of sp³-hybridized carbons (Fsp3) is 1.00. The van der Waals surface area contributed by atoms with Gasteiger partial charge in [-0.25, -0.2) is 0 Å². The zero-order valence-electron chi connectivity index (χ0n) is 9.88. The Morgan fingerprint density at radius 1 is 0.600 bits per heavy atom. The van der Waals surface area contributed by atoms with E-state index in [2.05, 4.69) is 13.8 Å². The summed E-state index contributed by atoms with van der Waals surface area (Å²) in [5.41, 5.74) is 0. The summed E-state index contributed by atoms with van der Waals surface area (Å²) < 4.78 is 2.89. The van der Waals surface area contributed by atoms with Gasteiger partial charge < -0.3 is 16.4 Å². The average molecular weight is 428 g/mol. The van der Waals surface area contributed by atoms with E-state index in [1.165, 1.54) is 47.4 Å². The van der Waals surface area contributed by atoms with Gasteiger partial charge in [-0.05, 0) is 0 Å². The SMILES string of the molecule is CCCC[CH2][Sn+3].CCCC[CH2][Sn+3].[O-2].[O-2].[O-2]. The van der Waals surface area contributed by atoms with Crippen LogP contribution in [0.15, 0.2) is 0 Å².